The zero-order chi connectivity index (χ0) is 21.0. The summed E-state index contributed by atoms with van der Waals surface area (Å²) >= 11 is 0. The lowest BCUT2D eigenvalue weighted by Gasteiger charge is -2.29. The number of hydrogen-bond donors (Lipinski definition) is 2. The predicted octanol–water partition coefficient (Wildman–Crippen LogP) is 4.01. The van der Waals surface area contributed by atoms with Gasteiger partial charge in [0.15, 0.2) is 0 Å². The van der Waals surface area contributed by atoms with Crippen molar-refractivity contribution in [1.82, 2.24) is 15.3 Å². The molecule has 1 aliphatic carbocycles. The average Bonchev–Trinajstić information content (AvgIpc) is 2.70. The van der Waals surface area contributed by atoms with Crippen molar-refractivity contribution in [1.29, 1.82) is 0 Å². The first-order valence-electron chi connectivity index (χ1n) is 10.5. The van der Waals surface area contributed by atoms with Gasteiger partial charge in [0.2, 0.25) is 11.9 Å². The number of aromatic nitrogens is 2. The monoisotopic (exact) mass is 395 g/mol. The highest BCUT2D eigenvalue weighted by Crippen LogP contribution is 2.27. The Balaban J connectivity index is 1.50. The lowest BCUT2D eigenvalue weighted by molar-refractivity contribution is -0.126. The number of benzene rings is 1. The van der Waals surface area contributed by atoms with E-state index in [9.17, 15) is 4.79 Å². The quantitative estimate of drug-likeness (QED) is 0.773. The summed E-state index contributed by atoms with van der Waals surface area (Å²) in [4.78, 5) is 23.8. The zero-order valence-corrected chi connectivity index (χ0v) is 18.2. The Morgan fingerprint density at radius 3 is 2.38 bits per heavy atom. The van der Waals surface area contributed by atoms with Crippen LogP contribution in [0, 0.1) is 19.8 Å². The molecule has 156 valence electrons. The third-order valence-corrected chi connectivity index (χ3v) is 5.74. The molecular formula is C23H33N5O. The smallest absolute Gasteiger partial charge is 0.224 e. The maximum absolute atomic E-state index is 12.7. The van der Waals surface area contributed by atoms with Crippen LogP contribution in [-0.2, 0) is 4.79 Å². The van der Waals surface area contributed by atoms with Crippen molar-refractivity contribution in [2.24, 2.45) is 5.92 Å². The van der Waals surface area contributed by atoms with Gasteiger partial charge in [-0.05, 0) is 52.0 Å². The van der Waals surface area contributed by atoms with E-state index in [-0.39, 0.29) is 17.9 Å². The van der Waals surface area contributed by atoms with Gasteiger partial charge in [-0.2, -0.15) is 4.98 Å². The van der Waals surface area contributed by atoms with Gasteiger partial charge in [0.05, 0.1) is 6.04 Å². The number of anilines is 2. The number of nitrogens with zero attached hydrogens (tertiary/aromatic N) is 3. The molecule has 2 aromatic rings. The zero-order valence-electron chi connectivity index (χ0n) is 18.2. The van der Waals surface area contributed by atoms with Crippen LogP contribution in [-0.4, -0.2) is 36.0 Å². The molecule has 29 heavy (non-hydrogen) atoms. The number of aryl methyl sites for hydroxylation is 2. The van der Waals surface area contributed by atoms with Crippen LogP contribution in [0.5, 0.6) is 0 Å². The summed E-state index contributed by atoms with van der Waals surface area (Å²) in [6.07, 6.45) is 5.53. The Kier molecular flexibility index (Phi) is 6.72. The summed E-state index contributed by atoms with van der Waals surface area (Å²) in [5.41, 5.74) is 3.43. The highest BCUT2D eigenvalue weighted by Gasteiger charge is 2.27. The van der Waals surface area contributed by atoms with E-state index in [1.807, 2.05) is 39.0 Å². The molecule has 1 fully saturated rings. The van der Waals surface area contributed by atoms with E-state index in [1.54, 1.807) is 0 Å². The Morgan fingerprint density at radius 1 is 1.10 bits per heavy atom. The molecule has 0 unspecified atom stereocenters. The van der Waals surface area contributed by atoms with Crippen LogP contribution in [0.4, 0.5) is 11.8 Å². The molecule has 2 N–H and O–H groups in total. The SMILES string of the molecule is Cc1ccc([C@H](C)NC(=O)C2CCC(Nc3ncc(C)c(N(C)C)n3)CC2)cc1. The molecule has 1 aliphatic rings. The van der Waals surface area contributed by atoms with Gasteiger partial charge in [-0.3, -0.25) is 4.79 Å². The van der Waals surface area contributed by atoms with Gasteiger partial charge in [-0.1, -0.05) is 29.8 Å². The van der Waals surface area contributed by atoms with Crippen LogP contribution in [0.3, 0.4) is 0 Å². The maximum atomic E-state index is 12.7. The average molecular weight is 396 g/mol. The van der Waals surface area contributed by atoms with Crippen LogP contribution >= 0.6 is 0 Å². The Morgan fingerprint density at radius 2 is 1.76 bits per heavy atom. The summed E-state index contributed by atoms with van der Waals surface area (Å²) < 4.78 is 0. The van der Waals surface area contributed by atoms with Crippen molar-refractivity contribution in [2.75, 3.05) is 24.3 Å². The molecule has 1 heterocycles. The normalized spacial score (nSPS) is 20.0. The fraction of sp³-hybridized carbons (Fsp3) is 0.522. The van der Waals surface area contributed by atoms with Gasteiger partial charge in [0.1, 0.15) is 5.82 Å². The number of amides is 1. The van der Waals surface area contributed by atoms with Crippen LogP contribution in [0.15, 0.2) is 30.5 Å². The molecule has 1 atom stereocenters. The van der Waals surface area contributed by atoms with Crippen molar-refractivity contribution in [3.05, 3.63) is 47.2 Å². The third-order valence-electron chi connectivity index (χ3n) is 5.74. The van der Waals surface area contributed by atoms with Crippen molar-refractivity contribution < 1.29 is 4.79 Å². The summed E-state index contributed by atoms with van der Waals surface area (Å²) in [6, 6.07) is 8.69. The van der Waals surface area contributed by atoms with E-state index in [0.717, 1.165) is 42.6 Å². The lowest BCUT2D eigenvalue weighted by Crippen LogP contribution is -2.37. The molecule has 6 nitrogen and oxygen atoms in total. The molecular weight excluding hydrogens is 362 g/mol. The largest absolute Gasteiger partial charge is 0.362 e. The highest BCUT2D eigenvalue weighted by molar-refractivity contribution is 5.79. The molecule has 1 saturated carbocycles. The number of nitrogens with one attached hydrogen (secondary N) is 2. The van der Waals surface area contributed by atoms with Gasteiger partial charge in [0, 0.05) is 37.8 Å². The van der Waals surface area contributed by atoms with Gasteiger partial charge in [-0.25, -0.2) is 4.98 Å². The van der Waals surface area contributed by atoms with E-state index < -0.39 is 0 Å². The van der Waals surface area contributed by atoms with Crippen LogP contribution in [0.1, 0.15) is 55.3 Å². The van der Waals surface area contributed by atoms with Crippen LogP contribution < -0.4 is 15.5 Å². The van der Waals surface area contributed by atoms with Gasteiger partial charge < -0.3 is 15.5 Å². The lowest BCUT2D eigenvalue weighted by atomic mass is 9.85. The van der Waals surface area contributed by atoms with E-state index in [1.165, 1.54) is 5.56 Å². The summed E-state index contributed by atoms with van der Waals surface area (Å²) in [7, 11) is 3.97. The fourth-order valence-electron chi connectivity index (χ4n) is 3.91. The third kappa shape index (κ3) is 5.46. The first-order chi connectivity index (χ1) is 13.8. The summed E-state index contributed by atoms with van der Waals surface area (Å²) in [5, 5.41) is 6.64. The minimum absolute atomic E-state index is 0.0318. The van der Waals surface area contributed by atoms with Crippen LogP contribution in [0.2, 0.25) is 0 Å². The van der Waals surface area contributed by atoms with Gasteiger partial charge in [0.25, 0.3) is 0 Å². The number of rotatable bonds is 6. The first kappa shape index (κ1) is 21.1. The topological polar surface area (TPSA) is 70.2 Å². The Bertz CT molecular complexity index is 826. The second-order valence-electron chi connectivity index (χ2n) is 8.43. The molecule has 1 aromatic carbocycles. The first-order valence-corrected chi connectivity index (χ1v) is 10.5. The molecule has 0 saturated heterocycles. The summed E-state index contributed by atoms with van der Waals surface area (Å²) in [5.74, 6) is 1.84. The Labute approximate surface area is 174 Å². The van der Waals surface area contributed by atoms with Crippen LogP contribution in [0.25, 0.3) is 0 Å². The summed E-state index contributed by atoms with van der Waals surface area (Å²) in [6.45, 7) is 6.13. The minimum Gasteiger partial charge on any atom is -0.362 e. The number of carbonyl (C=O) groups is 1. The molecule has 0 radical (unpaired) electrons. The van der Waals surface area contributed by atoms with Crippen molar-refractivity contribution in [3.8, 4) is 0 Å². The second kappa shape index (κ2) is 9.25. The standard InChI is InChI=1S/C23H33N5O/c1-15-6-8-18(9-7-15)17(3)25-22(29)19-10-12-20(13-11-19)26-23-24-14-16(2)21(27-23)28(4)5/h6-9,14,17,19-20H,10-13H2,1-5H3,(H,25,29)(H,24,26,27)/t17-,19?,20?/m0/s1. The van der Waals surface area contributed by atoms with E-state index in [0.29, 0.717) is 12.0 Å². The van der Waals surface area contributed by atoms with E-state index >= 15 is 0 Å². The second-order valence-corrected chi connectivity index (χ2v) is 8.43. The van der Waals surface area contributed by atoms with Crippen molar-refractivity contribution >= 4 is 17.7 Å². The van der Waals surface area contributed by atoms with Crippen molar-refractivity contribution in [3.63, 3.8) is 0 Å². The minimum atomic E-state index is 0.0318. The Hall–Kier alpha value is -2.63. The number of hydrogen-bond acceptors (Lipinski definition) is 5. The van der Waals surface area contributed by atoms with E-state index in [4.69, 9.17) is 0 Å². The van der Waals surface area contributed by atoms with Crippen molar-refractivity contribution in [2.45, 2.75) is 58.5 Å². The van der Waals surface area contributed by atoms with E-state index in [2.05, 4.69) is 51.8 Å². The molecule has 3 rings (SSSR count). The van der Waals surface area contributed by atoms with Gasteiger partial charge in [-0.15, -0.1) is 0 Å². The molecule has 1 aromatic heterocycles. The van der Waals surface area contributed by atoms with Gasteiger partial charge >= 0.3 is 0 Å². The highest BCUT2D eigenvalue weighted by atomic mass is 16.1. The predicted molar refractivity (Wildman–Crippen MR) is 118 cm³/mol. The molecule has 0 bridgehead atoms. The molecule has 1 amide bonds. The maximum Gasteiger partial charge on any atom is 0.224 e. The molecule has 0 aliphatic heterocycles. The number of carbonyl (C=O) groups excluding carboxylic acids is 1. The molecule has 0 spiro atoms. The fourth-order valence-corrected chi connectivity index (χ4v) is 3.91. The molecule has 6 heteroatoms.